The quantitative estimate of drug-likeness (QED) is 0.737. The van der Waals surface area contributed by atoms with E-state index in [1.54, 1.807) is 17.0 Å². The van der Waals surface area contributed by atoms with Gasteiger partial charge in [0.1, 0.15) is 12.9 Å². The van der Waals surface area contributed by atoms with Crippen LogP contribution in [0.2, 0.25) is 0 Å². The summed E-state index contributed by atoms with van der Waals surface area (Å²) >= 11 is 0. The molecule has 0 aliphatic heterocycles. The van der Waals surface area contributed by atoms with Crippen molar-refractivity contribution in [2.45, 2.75) is 18.6 Å². The van der Waals surface area contributed by atoms with Crippen LogP contribution in [0.4, 0.5) is 0 Å². The van der Waals surface area contributed by atoms with Crippen LogP contribution in [0.5, 0.6) is 0 Å². The predicted molar refractivity (Wildman–Crippen MR) is 78.1 cm³/mol. The van der Waals surface area contributed by atoms with Gasteiger partial charge in [0, 0.05) is 11.8 Å². The lowest BCUT2D eigenvalue weighted by Crippen LogP contribution is -2.05. The molecule has 3 rings (SSSR count). The van der Waals surface area contributed by atoms with Gasteiger partial charge in [-0.15, -0.1) is 10.2 Å². The van der Waals surface area contributed by atoms with Crippen LogP contribution in [-0.2, 0) is 17.3 Å². The van der Waals surface area contributed by atoms with Crippen LogP contribution >= 0.6 is 0 Å². The average molecular weight is 302 g/mol. The fourth-order valence-electron chi connectivity index (χ4n) is 1.96. The van der Waals surface area contributed by atoms with Gasteiger partial charge in [-0.2, -0.15) is 0 Å². The highest BCUT2D eigenvalue weighted by Crippen LogP contribution is 2.21. The highest BCUT2D eigenvalue weighted by molar-refractivity contribution is 7.84. The van der Waals surface area contributed by atoms with Crippen LogP contribution < -0.4 is 0 Å². The van der Waals surface area contributed by atoms with Gasteiger partial charge in [0.15, 0.2) is 5.76 Å². The maximum Gasteiger partial charge on any atom is 0.221 e. The summed E-state index contributed by atoms with van der Waals surface area (Å²) in [6.45, 7) is 2.39. The predicted octanol–water partition coefficient (Wildman–Crippen LogP) is 2.03. The first-order valence-corrected chi connectivity index (χ1v) is 7.92. The van der Waals surface area contributed by atoms with E-state index in [9.17, 15) is 4.21 Å². The van der Waals surface area contributed by atoms with Gasteiger partial charge in [0.2, 0.25) is 11.0 Å². The summed E-state index contributed by atoms with van der Waals surface area (Å²) in [5, 5.41) is 8.00. The van der Waals surface area contributed by atoms with Gasteiger partial charge in [-0.3, -0.25) is 8.78 Å². The second-order valence-corrected chi connectivity index (χ2v) is 5.95. The van der Waals surface area contributed by atoms with Gasteiger partial charge in [0.25, 0.3) is 0 Å². The number of rotatable bonds is 4. The summed E-state index contributed by atoms with van der Waals surface area (Å²) in [7, 11) is -1.19. The Morgan fingerprint density at radius 2 is 2.05 bits per heavy atom. The monoisotopic (exact) mass is 302 g/mol. The van der Waals surface area contributed by atoms with Crippen molar-refractivity contribution < 1.29 is 8.63 Å². The molecule has 2 aromatic heterocycles. The van der Waals surface area contributed by atoms with E-state index in [0.29, 0.717) is 23.4 Å². The first-order valence-electron chi connectivity index (χ1n) is 6.36. The smallest absolute Gasteiger partial charge is 0.221 e. The standard InChI is InChI=1S/C14H14N4O2S/c1-10-3-5-11(6-4-10)12-7-15-13(20-12)8-18-9-16-17-14(18)21(2)19/h3-7,9H,8H2,1-2H3/t21-/m0/s1. The molecule has 0 radical (unpaired) electrons. The van der Waals surface area contributed by atoms with Crippen LogP contribution in [0.1, 0.15) is 11.5 Å². The zero-order valence-electron chi connectivity index (χ0n) is 11.7. The fourth-order valence-corrected chi connectivity index (χ4v) is 2.56. The van der Waals surface area contributed by atoms with E-state index in [1.165, 1.54) is 11.9 Å². The molecule has 0 fully saturated rings. The number of nitrogens with zero attached hydrogens (tertiary/aromatic N) is 4. The molecule has 2 heterocycles. The van der Waals surface area contributed by atoms with Gasteiger partial charge in [-0.05, 0) is 6.92 Å². The summed E-state index contributed by atoms with van der Waals surface area (Å²) < 4.78 is 18.9. The third-order valence-corrected chi connectivity index (χ3v) is 3.86. The van der Waals surface area contributed by atoms with E-state index >= 15 is 0 Å². The Kier molecular flexibility index (Phi) is 3.66. The molecule has 7 heteroatoms. The molecule has 0 amide bonds. The molecule has 0 saturated heterocycles. The van der Waals surface area contributed by atoms with Crippen molar-refractivity contribution in [3.05, 3.63) is 48.2 Å². The highest BCUT2D eigenvalue weighted by atomic mass is 32.2. The summed E-state index contributed by atoms with van der Waals surface area (Å²) in [5.41, 5.74) is 2.17. The Morgan fingerprint density at radius 1 is 1.29 bits per heavy atom. The van der Waals surface area contributed by atoms with Gasteiger partial charge < -0.3 is 4.42 Å². The number of hydrogen-bond donors (Lipinski definition) is 0. The molecule has 0 saturated carbocycles. The van der Waals surface area contributed by atoms with Crippen LogP contribution in [0.3, 0.4) is 0 Å². The zero-order chi connectivity index (χ0) is 14.8. The number of oxazole rings is 1. The minimum absolute atomic E-state index is 0.355. The number of aromatic nitrogens is 4. The van der Waals surface area contributed by atoms with Crippen molar-refractivity contribution in [2.75, 3.05) is 6.26 Å². The first-order chi connectivity index (χ1) is 10.1. The summed E-state index contributed by atoms with van der Waals surface area (Å²) in [6.07, 6.45) is 4.77. The molecule has 6 nitrogen and oxygen atoms in total. The minimum atomic E-state index is -1.19. The molecule has 1 atom stereocenters. The topological polar surface area (TPSA) is 73.8 Å². The molecule has 0 spiro atoms. The molecule has 0 aliphatic rings. The number of hydrogen-bond acceptors (Lipinski definition) is 5. The third-order valence-electron chi connectivity index (χ3n) is 3.03. The van der Waals surface area contributed by atoms with Crippen molar-refractivity contribution in [1.82, 2.24) is 19.7 Å². The number of aryl methyl sites for hydroxylation is 1. The second-order valence-electron chi connectivity index (χ2n) is 4.68. The van der Waals surface area contributed by atoms with Crippen LogP contribution in [0.15, 0.2) is 46.4 Å². The molecule has 108 valence electrons. The van der Waals surface area contributed by atoms with Crippen molar-refractivity contribution in [2.24, 2.45) is 0 Å². The molecule has 21 heavy (non-hydrogen) atoms. The molecular weight excluding hydrogens is 288 g/mol. The van der Waals surface area contributed by atoms with Gasteiger partial charge in [-0.25, -0.2) is 4.98 Å². The SMILES string of the molecule is Cc1ccc(-c2cnc(Cn3cnnc3[S@](C)=O)o2)cc1. The van der Waals surface area contributed by atoms with Crippen molar-refractivity contribution in [1.29, 1.82) is 0 Å². The zero-order valence-corrected chi connectivity index (χ0v) is 12.5. The van der Waals surface area contributed by atoms with Crippen LogP contribution in [0, 0.1) is 6.92 Å². The summed E-state index contributed by atoms with van der Waals surface area (Å²) in [4.78, 5) is 4.25. The normalized spacial score (nSPS) is 12.5. The Labute approximate surface area is 124 Å². The molecule has 0 N–H and O–H groups in total. The van der Waals surface area contributed by atoms with Gasteiger partial charge >= 0.3 is 0 Å². The fraction of sp³-hybridized carbons (Fsp3) is 0.214. The Morgan fingerprint density at radius 3 is 2.76 bits per heavy atom. The molecule has 1 aromatic carbocycles. The second kappa shape index (κ2) is 5.61. The van der Waals surface area contributed by atoms with E-state index in [-0.39, 0.29) is 0 Å². The Balaban J connectivity index is 1.83. The molecule has 0 bridgehead atoms. The van der Waals surface area contributed by atoms with E-state index in [0.717, 1.165) is 5.56 Å². The van der Waals surface area contributed by atoms with E-state index in [1.807, 2.05) is 31.2 Å². The van der Waals surface area contributed by atoms with Crippen molar-refractivity contribution in [3.8, 4) is 11.3 Å². The van der Waals surface area contributed by atoms with Gasteiger partial charge in [-0.1, -0.05) is 29.8 Å². The average Bonchev–Trinajstić information content (AvgIpc) is 3.09. The maximum absolute atomic E-state index is 11.5. The third kappa shape index (κ3) is 2.92. The Bertz CT molecular complexity index is 776. The number of benzene rings is 1. The molecular formula is C14H14N4O2S. The lowest BCUT2D eigenvalue weighted by molar-refractivity contribution is 0.477. The van der Waals surface area contributed by atoms with Gasteiger partial charge in [0.05, 0.1) is 17.0 Å². The lowest BCUT2D eigenvalue weighted by Gasteiger charge is -2.01. The maximum atomic E-state index is 11.5. The van der Waals surface area contributed by atoms with Crippen LogP contribution in [0.25, 0.3) is 11.3 Å². The lowest BCUT2D eigenvalue weighted by atomic mass is 10.1. The largest absolute Gasteiger partial charge is 0.439 e. The van der Waals surface area contributed by atoms with Crippen molar-refractivity contribution in [3.63, 3.8) is 0 Å². The molecule has 3 aromatic rings. The summed E-state index contributed by atoms with van der Waals surface area (Å²) in [5.74, 6) is 1.23. The highest BCUT2D eigenvalue weighted by Gasteiger charge is 2.12. The Hall–Kier alpha value is -2.28. The summed E-state index contributed by atoms with van der Waals surface area (Å²) in [6, 6.07) is 8.03. The molecule has 0 aliphatic carbocycles. The van der Waals surface area contributed by atoms with E-state index in [2.05, 4.69) is 15.2 Å². The van der Waals surface area contributed by atoms with Crippen LogP contribution in [-0.4, -0.2) is 30.2 Å². The van der Waals surface area contributed by atoms with Crippen molar-refractivity contribution >= 4 is 10.8 Å². The van der Waals surface area contributed by atoms with E-state index < -0.39 is 10.8 Å². The van der Waals surface area contributed by atoms with E-state index in [4.69, 9.17) is 4.42 Å². The molecule has 0 unspecified atom stereocenters. The minimum Gasteiger partial charge on any atom is -0.439 e. The first kappa shape index (κ1) is 13.7.